The molecule has 25 heavy (non-hydrogen) atoms. The second-order valence-electron chi connectivity index (χ2n) is 6.01. The molecular weight excluding hydrogens is 318 g/mol. The quantitative estimate of drug-likeness (QED) is 0.687. The van der Waals surface area contributed by atoms with Crippen LogP contribution in [-0.2, 0) is 27.2 Å². The fourth-order valence-electron chi connectivity index (χ4n) is 3.33. The Morgan fingerprint density at radius 2 is 2.00 bits per heavy atom. The highest BCUT2D eigenvalue weighted by Gasteiger charge is 2.38. The van der Waals surface area contributed by atoms with Crippen molar-refractivity contribution in [2.75, 3.05) is 12.0 Å². The van der Waals surface area contributed by atoms with Gasteiger partial charge in [0.2, 0.25) is 5.91 Å². The Balaban J connectivity index is 1.65. The van der Waals surface area contributed by atoms with Gasteiger partial charge in [0, 0.05) is 24.5 Å². The minimum Gasteiger partial charge on any atom is -0.467 e. The third-order valence-corrected chi connectivity index (χ3v) is 4.46. The topological polar surface area (TPSA) is 63.9 Å². The molecule has 1 atom stereocenters. The summed E-state index contributed by atoms with van der Waals surface area (Å²) in [6.45, 7) is 0. The maximum absolute atomic E-state index is 13.0. The first-order valence-corrected chi connectivity index (χ1v) is 8.08. The molecule has 1 aliphatic rings. The number of nitrogens with zero attached hydrogens (tertiary/aromatic N) is 3. The summed E-state index contributed by atoms with van der Waals surface area (Å²) >= 11 is 0. The molecule has 1 amide bonds. The molecule has 0 spiro atoms. The van der Waals surface area contributed by atoms with Gasteiger partial charge in [0.15, 0.2) is 0 Å². The van der Waals surface area contributed by atoms with Crippen molar-refractivity contribution >= 4 is 23.2 Å². The van der Waals surface area contributed by atoms with E-state index in [2.05, 4.69) is 4.98 Å². The summed E-state index contributed by atoms with van der Waals surface area (Å²) in [5.41, 5.74) is 3.20. The predicted octanol–water partition coefficient (Wildman–Crippen LogP) is 2.01. The molecule has 2 aromatic heterocycles. The van der Waals surface area contributed by atoms with Crippen molar-refractivity contribution in [1.82, 2.24) is 9.38 Å². The Bertz CT molecular complexity index is 930. The molecule has 0 unspecified atom stereocenters. The molecule has 0 radical (unpaired) electrons. The number of methoxy groups -OCH3 is 1. The highest BCUT2D eigenvalue weighted by atomic mass is 16.5. The summed E-state index contributed by atoms with van der Waals surface area (Å²) in [6.07, 6.45) is 4.32. The van der Waals surface area contributed by atoms with E-state index < -0.39 is 12.0 Å². The Morgan fingerprint density at radius 3 is 2.80 bits per heavy atom. The zero-order valence-electron chi connectivity index (χ0n) is 13.8. The van der Waals surface area contributed by atoms with E-state index in [0.29, 0.717) is 12.1 Å². The van der Waals surface area contributed by atoms with Gasteiger partial charge in [-0.2, -0.15) is 0 Å². The number of carbonyl (C=O) groups excluding carboxylic acids is 2. The number of carbonyl (C=O) groups is 2. The van der Waals surface area contributed by atoms with Crippen molar-refractivity contribution in [3.63, 3.8) is 0 Å². The summed E-state index contributed by atoms with van der Waals surface area (Å²) in [6, 6.07) is 12.6. The largest absolute Gasteiger partial charge is 0.467 e. The smallest absolute Gasteiger partial charge is 0.329 e. The summed E-state index contributed by atoms with van der Waals surface area (Å²) < 4.78 is 6.76. The summed E-state index contributed by atoms with van der Waals surface area (Å²) in [4.78, 5) is 31.1. The Kier molecular flexibility index (Phi) is 3.72. The molecule has 6 heteroatoms. The van der Waals surface area contributed by atoms with Crippen molar-refractivity contribution in [3.05, 3.63) is 66.1 Å². The molecular formula is C19H17N3O3. The fraction of sp³-hybridized carbons (Fsp3) is 0.211. The number of anilines is 1. The normalized spacial score (nSPS) is 16.0. The lowest BCUT2D eigenvalue weighted by Gasteiger charge is -2.23. The van der Waals surface area contributed by atoms with Crippen LogP contribution in [0.4, 0.5) is 5.69 Å². The number of pyridine rings is 1. The average Bonchev–Trinajstić information content (AvgIpc) is 3.21. The first kappa shape index (κ1) is 15.4. The average molecular weight is 335 g/mol. The number of amides is 1. The highest BCUT2D eigenvalue weighted by molar-refractivity contribution is 6.03. The first-order chi connectivity index (χ1) is 12.2. The van der Waals surface area contributed by atoms with Crippen LogP contribution in [0.1, 0.15) is 11.3 Å². The minimum absolute atomic E-state index is 0.128. The van der Waals surface area contributed by atoms with Gasteiger partial charge in [0.1, 0.15) is 11.7 Å². The zero-order valence-corrected chi connectivity index (χ0v) is 13.8. The minimum atomic E-state index is -0.619. The number of ether oxygens (including phenoxy) is 1. The third-order valence-electron chi connectivity index (χ3n) is 4.46. The van der Waals surface area contributed by atoms with E-state index in [0.717, 1.165) is 16.9 Å². The third kappa shape index (κ3) is 2.65. The molecule has 0 fully saturated rings. The molecule has 0 bridgehead atoms. The number of hydrogen-bond acceptors (Lipinski definition) is 4. The van der Waals surface area contributed by atoms with E-state index >= 15 is 0 Å². The van der Waals surface area contributed by atoms with Crippen LogP contribution in [0.25, 0.3) is 5.65 Å². The van der Waals surface area contributed by atoms with Crippen molar-refractivity contribution in [2.24, 2.45) is 0 Å². The summed E-state index contributed by atoms with van der Waals surface area (Å²) in [7, 11) is 1.34. The monoisotopic (exact) mass is 335 g/mol. The molecule has 3 heterocycles. The highest BCUT2D eigenvalue weighted by Crippen LogP contribution is 2.33. The molecule has 0 aliphatic carbocycles. The summed E-state index contributed by atoms with van der Waals surface area (Å²) in [5, 5.41) is 0. The number of imidazole rings is 1. The number of rotatable bonds is 3. The van der Waals surface area contributed by atoms with Gasteiger partial charge in [0.25, 0.3) is 0 Å². The maximum atomic E-state index is 13.0. The van der Waals surface area contributed by atoms with Gasteiger partial charge in [-0.1, -0.05) is 24.3 Å². The molecule has 1 aliphatic heterocycles. The second-order valence-corrected chi connectivity index (χ2v) is 6.01. The van der Waals surface area contributed by atoms with Gasteiger partial charge < -0.3 is 9.14 Å². The maximum Gasteiger partial charge on any atom is 0.329 e. The molecule has 6 nitrogen and oxygen atoms in total. The molecule has 126 valence electrons. The molecule has 1 aromatic carbocycles. The lowest BCUT2D eigenvalue weighted by Crippen LogP contribution is -2.44. The lowest BCUT2D eigenvalue weighted by molar-refractivity contribution is -0.143. The van der Waals surface area contributed by atoms with Gasteiger partial charge >= 0.3 is 5.97 Å². The molecule has 0 saturated carbocycles. The van der Waals surface area contributed by atoms with E-state index in [1.54, 1.807) is 4.90 Å². The SMILES string of the molecule is COC(=O)[C@H]1Cc2ccccc2N1C(=O)Cc1cn2ccccc2n1. The summed E-state index contributed by atoms with van der Waals surface area (Å²) in [5.74, 6) is -0.566. The van der Waals surface area contributed by atoms with Crippen LogP contribution >= 0.6 is 0 Å². The Hall–Kier alpha value is -3.15. The number of para-hydroxylation sites is 1. The molecule has 4 rings (SSSR count). The van der Waals surface area contributed by atoms with E-state index in [9.17, 15) is 9.59 Å². The van der Waals surface area contributed by atoms with Crippen molar-refractivity contribution in [2.45, 2.75) is 18.9 Å². The van der Waals surface area contributed by atoms with Crippen molar-refractivity contribution in [1.29, 1.82) is 0 Å². The van der Waals surface area contributed by atoms with Crippen LogP contribution in [0.2, 0.25) is 0 Å². The molecule has 0 N–H and O–H groups in total. The van der Waals surface area contributed by atoms with Crippen LogP contribution in [-0.4, -0.2) is 34.4 Å². The number of benzene rings is 1. The number of aromatic nitrogens is 2. The number of esters is 1. The second kappa shape index (κ2) is 6.05. The van der Waals surface area contributed by atoms with E-state index in [1.165, 1.54) is 7.11 Å². The van der Waals surface area contributed by atoms with Crippen LogP contribution in [0.5, 0.6) is 0 Å². The van der Waals surface area contributed by atoms with E-state index in [4.69, 9.17) is 4.74 Å². The number of hydrogen-bond donors (Lipinski definition) is 0. The standard InChI is InChI=1S/C19H17N3O3/c1-25-19(24)16-10-13-6-2-3-7-15(13)22(16)18(23)11-14-12-21-9-5-4-8-17(21)20-14/h2-9,12,16H,10-11H2,1H3/t16-/m1/s1. The Labute approximate surface area is 144 Å². The molecule has 0 saturated heterocycles. The van der Waals surface area contributed by atoms with Gasteiger partial charge in [-0.25, -0.2) is 9.78 Å². The van der Waals surface area contributed by atoms with Crippen molar-refractivity contribution in [3.8, 4) is 0 Å². The van der Waals surface area contributed by atoms with Crippen LogP contribution in [0, 0.1) is 0 Å². The van der Waals surface area contributed by atoms with Crippen molar-refractivity contribution < 1.29 is 14.3 Å². The lowest BCUT2D eigenvalue weighted by atomic mass is 10.1. The van der Waals surface area contributed by atoms with E-state index in [1.807, 2.05) is 59.3 Å². The molecule has 3 aromatic rings. The zero-order chi connectivity index (χ0) is 17.4. The Morgan fingerprint density at radius 1 is 1.20 bits per heavy atom. The van der Waals surface area contributed by atoms with Gasteiger partial charge in [0.05, 0.1) is 19.2 Å². The van der Waals surface area contributed by atoms with Crippen LogP contribution < -0.4 is 4.90 Å². The predicted molar refractivity (Wildman–Crippen MR) is 92.3 cm³/mol. The number of fused-ring (bicyclic) bond motifs is 2. The van der Waals surface area contributed by atoms with Gasteiger partial charge in [-0.05, 0) is 23.8 Å². The first-order valence-electron chi connectivity index (χ1n) is 8.08. The van der Waals surface area contributed by atoms with Crippen LogP contribution in [0.3, 0.4) is 0 Å². The van der Waals surface area contributed by atoms with E-state index in [-0.39, 0.29) is 12.3 Å². The fourth-order valence-corrected chi connectivity index (χ4v) is 3.33. The van der Waals surface area contributed by atoms with Gasteiger partial charge in [-0.15, -0.1) is 0 Å². The van der Waals surface area contributed by atoms with Gasteiger partial charge in [-0.3, -0.25) is 9.69 Å². The van der Waals surface area contributed by atoms with Crippen LogP contribution in [0.15, 0.2) is 54.9 Å².